The van der Waals surface area contributed by atoms with E-state index in [1.165, 1.54) is 11.3 Å². The predicted octanol–water partition coefficient (Wildman–Crippen LogP) is 2.26. The van der Waals surface area contributed by atoms with Gasteiger partial charge in [0.05, 0.1) is 10.5 Å². The Bertz CT molecular complexity index is 868. The Hall–Kier alpha value is -3.32. The van der Waals surface area contributed by atoms with Gasteiger partial charge in [0.25, 0.3) is 11.6 Å². The molecule has 0 bridgehead atoms. The van der Waals surface area contributed by atoms with Gasteiger partial charge in [-0.15, -0.1) is 10.2 Å². The Morgan fingerprint density at radius 2 is 2.29 bits per heavy atom. The minimum absolute atomic E-state index is 0.0572. The number of phenolic OH excluding ortho intramolecular Hbond substituents is 1. The number of anilines is 1. The summed E-state index contributed by atoms with van der Waals surface area (Å²) in [4.78, 5) is 22.4. The molecule has 0 saturated carbocycles. The van der Waals surface area contributed by atoms with Gasteiger partial charge in [-0.1, -0.05) is 18.3 Å². The second-order valence-electron chi connectivity index (χ2n) is 4.48. The number of nitro groups is 1. The number of carbonyl (C=O) groups is 1. The van der Waals surface area contributed by atoms with Crippen molar-refractivity contribution < 1.29 is 14.8 Å². The molecule has 0 spiro atoms. The van der Waals surface area contributed by atoms with Gasteiger partial charge < -0.3 is 5.11 Å². The number of phenols is 1. The Labute approximate surface area is 140 Å². The molecule has 0 fully saturated rings. The first-order valence-corrected chi connectivity index (χ1v) is 7.49. The van der Waals surface area contributed by atoms with Crippen molar-refractivity contribution in [2.75, 3.05) is 5.32 Å². The van der Waals surface area contributed by atoms with Crippen LogP contribution in [0.5, 0.6) is 5.75 Å². The number of aryl methyl sites for hydroxylation is 1. The quantitative estimate of drug-likeness (QED) is 0.366. The molecule has 1 aromatic heterocycles. The first-order valence-electron chi connectivity index (χ1n) is 6.67. The average Bonchev–Trinajstić information content (AvgIpc) is 2.99. The second kappa shape index (κ2) is 7.30. The summed E-state index contributed by atoms with van der Waals surface area (Å²) in [6, 6.07) is 5.02. The van der Waals surface area contributed by atoms with E-state index in [-0.39, 0.29) is 27.7 Å². The number of amides is 1. The smallest absolute Gasteiger partial charge is 0.276 e. The van der Waals surface area contributed by atoms with Gasteiger partial charge in [0.15, 0.2) is 0 Å². The Balaban J connectivity index is 2.32. The zero-order valence-corrected chi connectivity index (χ0v) is 13.2. The van der Waals surface area contributed by atoms with E-state index < -0.39 is 10.8 Å². The van der Waals surface area contributed by atoms with Crippen molar-refractivity contribution in [2.24, 2.45) is 0 Å². The summed E-state index contributed by atoms with van der Waals surface area (Å²) in [6.45, 7) is 1.88. The lowest BCUT2D eigenvalue weighted by Crippen LogP contribution is -2.13. The van der Waals surface area contributed by atoms with E-state index in [9.17, 15) is 20.0 Å². The van der Waals surface area contributed by atoms with E-state index >= 15 is 0 Å². The highest BCUT2D eigenvalue weighted by Gasteiger charge is 2.17. The van der Waals surface area contributed by atoms with Crippen molar-refractivity contribution in [1.29, 1.82) is 5.26 Å². The number of hydrogen-bond donors (Lipinski definition) is 2. The molecular weight excluding hydrogens is 334 g/mol. The summed E-state index contributed by atoms with van der Waals surface area (Å²) in [5, 5.41) is 40.5. The van der Waals surface area contributed by atoms with Gasteiger partial charge in [-0.2, -0.15) is 5.26 Å². The highest BCUT2D eigenvalue weighted by molar-refractivity contribution is 7.15. The van der Waals surface area contributed by atoms with Crippen LogP contribution in [0.1, 0.15) is 17.5 Å². The largest absolute Gasteiger partial charge is 0.508 e. The van der Waals surface area contributed by atoms with Gasteiger partial charge in [-0.05, 0) is 24.6 Å². The first-order chi connectivity index (χ1) is 11.4. The van der Waals surface area contributed by atoms with Crippen molar-refractivity contribution >= 4 is 34.1 Å². The molecule has 1 amide bonds. The molecule has 0 saturated heterocycles. The molecule has 0 radical (unpaired) electrons. The Morgan fingerprint density at radius 1 is 1.54 bits per heavy atom. The monoisotopic (exact) mass is 345 g/mol. The van der Waals surface area contributed by atoms with Gasteiger partial charge in [-0.25, -0.2) is 0 Å². The number of benzene rings is 1. The number of carbonyl (C=O) groups excluding carboxylic acids is 1. The van der Waals surface area contributed by atoms with Crippen molar-refractivity contribution in [3.05, 3.63) is 44.5 Å². The van der Waals surface area contributed by atoms with Gasteiger partial charge in [0.2, 0.25) is 5.13 Å². The third-order valence-electron chi connectivity index (χ3n) is 2.86. The van der Waals surface area contributed by atoms with Crippen molar-refractivity contribution in [2.45, 2.75) is 13.3 Å². The summed E-state index contributed by atoms with van der Waals surface area (Å²) in [5.41, 5.74) is -0.757. The molecule has 2 N–H and O–H groups in total. The fourth-order valence-corrected chi connectivity index (χ4v) is 2.41. The van der Waals surface area contributed by atoms with Gasteiger partial charge in [0.1, 0.15) is 22.4 Å². The van der Waals surface area contributed by atoms with Crippen LogP contribution in [0.25, 0.3) is 6.08 Å². The summed E-state index contributed by atoms with van der Waals surface area (Å²) in [5.74, 6) is -0.991. The van der Waals surface area contributed by atoms with Gasteiger partial charge >= 0.3 is 0 Å². The number of nitriles is 1. The molecule has 9 nitrogen and oxygen atoms in total. The number of rotatable bonds is 5. The van der Waals surface area contributed by atoms with Crippen LogP contribution in [-0.4, -0.2) is 26.1 Å². The maximum Gasteiger partial charge on any atom is 0.276 e. The minimum atomic E-state index is -0.769. The molecule has 0 atom stereocenters. The van der Waals surface area contributed by atoms with E-state index in [4.69, 9.17) is 5.26 Å². The molecule has 1 heterocycles. The van der Waals surface area contributed by atoms with E-state index in [0.717, 1.165) is 29.3 Å². The van der Waals surface area contributed by atoms with E-state index in [1.807, 2.05) is 6.92 Å². The molecule has 0 aliphatic heterocycles. The molecule has 10 heteroatoms. The topological polar surface area (TPSA) is 142 Å². The molecule has 0 aliphatic carbocycles. The molecule has 1 aromatic carbocycles. The summed E-state index contributed by atoms with van der Waals surface area (Å²) >= 11 is 1.17. The zero-order valence-electron chi connectivity index (χ0n) is 12.4. The van der Waals surface area contributed by atoms with Crippen LogP contribution < -0.4 is 5.32 Å². The summed E-state index contributed by atoms with van der Waals surface area (Å²) in [7, 11) is 0. The number of hydrogen-bond acceptors (Lipinski definition) is 8. The van der Waals surface area contributed by atoms with Crippen molar-refractivity contribution in [3.8, 4) is 11.8 Å². The molecule has 24 heavy (non-hydrogen) atoms. The van der Waals surface area contributed by atoms with Crippen molar-refractivity contribution in [1.82, 2.24) is 10.2 Å². The van der Waals surface area contributed by atoms with Crippen molar-refractivity contribution in [3.63, 3.8) is 0 Å². The fraction of sp³-hybridized carbons (Fsp3) is 0.143. The maximum absolute atomic E-state index is 12.1. The molecular formula is C14H11N5O4S. The Morgan fingerprint density at radius 3 is 2.88 bits per heavy atom. The summed E-state index contributed by atoms with van der Waals surface area (Å²) < 4.78 is 0. The van der Waals surface area contributed by atoms with Crippen LogP contribution in [0.3, 0.4) is 0 Å². The van der Waals surface area contributed by atoms with Crippen LogP contribution in [-0.2, 0) is 11.2 Å². The van der Waals surface area contributed by atoms with Crippen LogP contribution in [0.4, 0.5) is 10.8 Å². The normalized spacial score (nSPS) is 10.9. The number of aromatic hydroxyl groups is 1. The highest BCUT2D eigenvalue weighted by Crippen LogP contribution is 2.26. The molecule has 2 rings (SSSR count). The lowest BCUT2D eigenvalue weighted by atomic mass is 10.1. The van der Waals surface area contributed by atoms with Crippen LogP contribution in [0.15, 0.2) is 23.8 Å². The van der Waals surface area contributed by atoms with Gasteiger partial charge in [-0.3, -0.25) is 20.2 Å². The lowest BCUT2D eigenvalue weighted by molar-refractivity contribution is -0.385. The standard InChI is InChI=1S/C14H11N5O4S/c1-2-12-17-18-14(24-12)16-13(21)9(7-15)5-8-6-10(20)3-4-11(8)19(22)23/h3-6,20H,2H2,1H3,(H,16,18,21)/b9-5+. The van der Waals surface area contributed by atoms with E-state index in [1.54, 1.807) is 6.07 Å². The lowest BCUT2D eigenvalue weighted by Gasteiger charge is -2.01. The van der Waals surface area contributed by atoms with E-state index in [2.05, 4.69) is 15.5 Å². The van der Waals surface area contributed by atoms with Gasteiger partial charge in [0, 0.05) is 6.07 Å². The van der Waals surface area contributed by atoms with Crippen LogP contribution >= 0.6 is 11.3 Å². The van der Waals surface area contributed by atoms with Crippen LogP contribution in [0, 0.1) is 21.4 Å². The summed E-state index contributed by atoms with van der Waals surface area (Å²) in [6.07, 6.45) is 1.69. The SMILES string of the molecule is CCc1nnc(NC(=O)/C(C#N)=C/c2cc(O)ccc2[N+](=O)[O-])s1. The predicted molar refractivity (Wildman–Crippen MR) is 86.3 cm³/mol. The average molecular weight is 345 g/mol. The number of nitrogens with zero attached hydrogens (tertiary/aromatic N) is 4. The first kappa shape index (κ1) is 17.0. The second-order valence-corrected chi connectivity index (χ2v) is 5.54. The number of aromatic nitrogens is 2. The Kier molecular flexibility index (Phi) is 5.18. The molecule has 122 valence electrons. The van der Waals surface area contributed by atoms with E-state index in [0.29, 0.717) is 6.42 Å². The fourth-order valence-electron chi connectivity index (χ4n) is 1.74. The number of nitro benzene ring substituents is 1. The highest BCUT2D eigenvalue weighted by atomic mass is 32.1. The molecule has 0 aliphatic rings. The number of nitrogens with one attached hydrogen (secondary N) is 1. The maximum atomic E-state index is 12.1. The van der Waals surface area contributed by atoms with Crippen LogP contribution in [0.2, 0.25) is 0 Å². The third-order valence-corrected chi connectivity index (χ3v) is 3.85. The third kappa shape index (κ3) is 3.90. The minimum Gasteiger partial charge on any atom is -0.508 e. The molecule has 2 aromatic rings. The zero-order chi connectivity index (χ0) is 17.7. The molecule has 0 unspecified atom stereocenters.